The second kappa shape index (κ2) is 6.64. The average molecular weight is 427 g/mol. The Balaban J connectivity index is 1.54. The largest absolute Gasteiger partial charge is 0.393 e. The number of fused-ring (bicyclic) bond motifs is 7. The Labute approximate surface area is 192 Å². The molecule has 176 valence electrons. The van der Waals surface area contributed by atoms with Gasteiger partial charge < -0.3 is 5.11 Å². The fourth-order valence-corrected chi connectivity index (χ4v) is 11.5. The van der Waals surface area contributed by atoms with Crippen molar-refractivity contribution >= 4 is 0 Å². The maximum Gasteiger partial charge on any atom is 0.0594 e. The third-order valence-electron chi connectivity index (χ3n) is 13.5. The van der Waals surface area contributed by atoms with Crippen LogP contribution in [0.4, 0.5) is 0 Å². The van der Waals surface area contributed by atoms with E-state index in [1.165, 1.54) is 63.4 Å². The van der Waals surface area contributed by atoms with Crippen LogP contribution in [0.5, 0.6) is 0 Å². The molecule has 0 saturated heterocycles. The minimum atomic E-state index is -0.118. The molecule has 0 aromatic heterocycles. The molecule has 31 heavy (non-hydrogen) atoms. The third kappa shape index (κ3) is 2.65. The van der Waals surface area contributed by atoms with E-state index in [0.717, 1.165) is 30.1 Å². The first-order chi connectivity index (χ1) is 14.3. The smallest absolute Gasteiger partial charge is 0.0594 e. The molecule has 0 aliphatic heterocycles. The lowest BCUT2D eigenvalue weighted by atomic mass is 9.32. The van der Waals surface area contributed by atoms with Crippen molar-refractivity contribution in [3.8, 4) is 0 Å². The van der Waals surface area contributed by atoms with Gasteiger partial charge in [0, 0.05) is 0 Å². The second-order valence-electron chi connectivity index (χ2n) is 14.7. The predicted molar refractivity (Wildman–Crippen MR) is 131 cm³/mol. The first-order valence-electron chi connectivity index (χ1n) is 13.6. The van der Waals surface area contributed by atoms with E-state index < -0.39 is 0 Å². The summed E-state index contributed by atoms with van der Waals surface area (Å²) in [5.41, 5.74) is 3.38. The number of hydrogen-bond donors (Lipinski definition) is 1. The van der Waals surface area contributed by atoms with E-state index >= 15 is 0 Å². The maximum atomic E-state index is 10.9. The van der Waals surface area contributed by atoms with Crippen LogP contribution in [0.1, 0.15) is 113 Å². The van der Waals surface area contributed by atoms with E-state index in [1.807, 2.05) is 0 Å². The van der Waals surface area contributed by atoms with Gasteiger partial charge >= 0.3 is 0 Å². The average Bonchev–Trinajstić information content (AvgIpc) is 3.04. The van der Waals surface area contributed by atoms with Crippen LogP contribution in [0.2, 0.25) is 0 Å². The Morgan fingerprint density at radius 1 is 0.742 bits per heavy atom. The van der Waals surface area contributed by atoms with Gasteiger partial charge in [0.1, 0.15) is 0 Å². The summed E-state index contributed by atoms with van der Waals surface area (Å²) in [4.78, 5) is 0. The summed E-state index contributed by atoms with van der Waals surface area (Å²) in [5.74, 6) is 3.98. The highest BCUT2D eigenvalue weighted by Crippen LogP contribution is 2.77. The predicted octanol–water partition coefficient (Wildman–Crippen LogP) is 8.02. The molecule has 1 heteroatoms. The van der Waals surface area contributed by atoms with Crippen molar-refractivity contribution in [1.29, 1.82) is 0 Å². The molecular weight excluding hydrogens is 376 g/mol. The molecule has 1 nitrogen and oxygen atoms in total. The van der Waals surface area contributed by atoms with Gasteiger partial charge in [0.05, 0.1) is 6.10 Å². The fourth-order valence-electron chi connectivity index (χ4n) is 11.5. The zero-order valence-corrected chi connectivity index (χ0v) is 21.7. The number of aliphatic hydroxyl groups is 1. The minimum absolute atomic E-state index is 0.0632. The van der Waals surface area contributed by atoms with Crippen molar-refractivity contribution in [2.24, 2.45) is 56.7 Å². The third-order valence-corrected chi connectivity index (χ3v) is 13.5. The highest BCUT2D eigenvalue weighted by atomic mass is 16.3. The fraction of sp³-hybridized carbons (Fsp3) is 0.933. The van der Waals surface area contributed by atoms with Gasteiger partial charge in [0.25, 0.3) is 0 Å². The summed E-state index contributed by atoms with van der Waals surface area (Å²) in [7, 11) is 0. The molecule has 5 aliphatic carbocycles. The van der Waals surface area contributed by atoms with E-state index in [1.54, 1.807) is 0 Å². The molecule has 0 spiro atoms. The van der Waals surface area contributed by atoms with Crippen LogP contribution in [0.15, 0.2) is 12.2 Å². The monoisotopic (exact) mass is 426 g/mol. The lowest BCUT2D eigenvalue weighted by molar-refractivity contribution is -0.246. The van der Waals surface area contributed by atoms with Gasteiger partial charge in [-0.3, -0.25) is 0 Å². The van der Waals surface area contributed by atoms with Crippen LogP contribution in [0, 0.1) is 56.7 Å². The molecule has 10 atom stereocenters. The van der Waals surface area contributed by atoms with Crippen LogP contribution in [-0.2, 0) is 0 Å². The lowest BCUT2D eigenvalue weighted by Crippen LogP contribution is -2.66. The summed E-state index contributed by atoms with van der Waals surface area (Å²) < 4.78 is 0. The summed E-state index contributed by atoms with van der Waals surface area (Å²) in [6, 6.07) is 0. The molecule has 5 rings (SSSR count). The van der Waals surface area contributed by atoms with Crippen molar-refractivity contribution in [3.63, 3.8) is 0 Å². The summed E-state index contributed by atoms with van der Waals surface area (Å²) in [6.07, 6.45) is 13.4. The molecular formula is C30H50O. The zero-order valence-electron chi connectivity index (χ0n) is 21.7. The number of hydrogen-bond acceptors (Lipinski definition) is 1. The van der Waals surface area contributed by atoms with Crippen molar-refractivity contribution in [2.75, 3.05) is 0 Å². The van der Waals surface area contributed by atoms with Gasteiger partial charge in [-0.2, -0.15) is 0 Å². The Morgan fingerprint density at radius 3 is 2.13 bits per heavy atom. The van der Waals surface area contributed by atoms with Crippen LogP contribution in [0.3, 0.4) is 0 Å². The van der Waals surface area contributed by atoms with Gasteiger partial charge in [-0.1, -0.05) is 53.7 Å². The molecule has 0 heterocycles. The molecule has 5 aliphatic rings. The summed E-state index contributed by atoms with van der Waals surface area (Å²) >= 11 is 0. The minimum Gasteiger partial charge on any atom is -0.393 e. The van der Waals surface area contributed by atoms with E-state index in [0.29, 0.717) is 27.6 Å². The Morgan fingerprint density at radius 2 is 1.45 bits per heavy atom. The van der Waals surface area contributed by atoms with Crippen molar-refractivity contribution in [3.05, 3.63) is 12.2 Å². The van der Waals surface area contributed by atoms with Crippen molar-refractivity contribution in [2.45, 2.75) is 119 Å². The lowest BCUT2D eigenvalue weighted by Gasteiger charge is -2.73. The van der Waals surface area contributed by atoms with Gasteiger partial charge in [-0.15, -0.1) is 0 Å². The topological polar surface area (TPSA) is 20.2 Å². The molecule has 1 N–H and O–H groups in total. The van der Waals surface area contributed by atoms with E-state index in [2.05, 4.69) is 55.0 Å². The zero-order chi connectivity index (χ0) is 22.6. The molecule has 0 aromatic rings. The van der Waals surface area contributed by atoms with Crippen molar-refractivity contribution < 1.29 is 5.11 Å². The quantitative estimate of drug-likeness (QED) is 0.421. The SMILES string of the molecule is C=C(C)C1CC[C@]2(C)CC[C@]3(C)C(CCC4C5(C)CCC(O)C(C)(C)C5CC[C@]43C)C12. The van der Waals surface area contributed by atoms with Crippen LogP contribution in [-0.4, -0.2) is 11.2 Å². The van der Waals surface area contributed by atoms with Gasteiger partial charge in [0.2, 0.25) is 0 Å². The summed E-state index contributed by atoms with van der Waals surface area (Å²) in [5, 5.41) is 10.9. The first-order valence-corrected chi connectivity index (χ1v) is 13.6. The van der Waals surface area contributed by atoms with Crippen LogP contribution >= 0.6 is 0 Å². The molecule has 5 saturated carbocycles. The van der Waals surface area contributed by atoms with Crippen LogP contribution < -0.4 is 0 Å². The standard InChI is InChI=1S/C30H50O/c1-19(2)20-11-14-27(5)17-18-29(7)21(25(20)27)9-10-23-28(6)15-13-24(31)26(3,4)22(28)12-16-30(23,29)8/h20-25,31H,1,9-18H2,2-8H3/t20?,21?,22?,23?,24?,25?,27-,28?,29-,30-/m1/s1. The van der Waals surface area contributed by atoms with Gasteiger partial charge in [0.15, 0.2) is 0 Å². The molecule has 0 radical (unpaired) electrons. The van der Waals surface area contributed by atoms with E-state index in [-0.39, 0.29) is 11.5 Å². The molecule has 0 aromatic carbocycles. The second-order valence-corrected chi connectivity index (χ2v) is 14.7. The number of allylic oxidation sites excluding steroid dienone is 1. The van der Waals surface area contributed by atoms with Crippen molar-refractivity contribution in [1.82, 2.24) is 0 Å². The normalized spacial score (nSPS) is 57.9. The van der Waals surface area contributed by atoms with E-state index in [9.17, 15) is 5.11 Å². The van der Waals surface area contributed by atoms with Gasteiger partial charge in [-0.25, -0.2) is 0 Å². The Bertz CT molecular complexity index is 766. The van der Waals surface area contributed by atoms with Crippen LogP contribution in [0.25, 0.3) is 0 Å². The highest BCUT2D eigenvalue weighted by molar-refractivity contribution is 5.21. The van der Waals surface area contributed by atoms with Gasteiger partial charge in [-0.05, 0) is 128 Å². The van der Waals surface area contributed by atoms with E-state index in [4.69, 9.17) is 0 Å². The molecule has 5 fully saturated rings. The Hall–Kier alpha value is -0.300. The Kier molecular flexibility index (Phi) is 4.82. The molecule has 7 unspecified atom stereocenters. The highest BCUT2D eigenvalue weighted by Gasteiger charge is 2.70. The number of rotatable bonds is 1. The summed E-state index contributed by atoms with van der Waals surface area (Å²) in [6.45, 7) is 22.3. The molecule has 0 bridgehead atoms. The number of aliphatic hydroxyl groups excluding tert-OH is 1. The maximum absolute atomic E-state index is 10.9. The first kappa shape index (κ1) is 22.5. The molecule has 0 amide bonds.